The van der Waals surface area contributed by atoms with Crippen molar-refractivity contribution < 1.29 is 4.74 Å². The van der Waals surface area contributed by atoms with Crippen molar-refractivity contribution in [3.8, 4) is 5.75 Å². The number of nitrogens with two attached hydrogens (primary N) is 1. The van der Waals surface area contributed by atoms with Gasteiger partial charge in [0.2, 0.25) is 0 Å². The van der Waals surface area contributed by atoms with Crippen LogP contribution in [0.25, 0.3) is 0 Å². The van der Waals surface area contributed by atoms with Gasteiger partial charge in [0.25, 0.3) is 0 Å². The van der Waals surface area contributed by atoms with E-state index in [1.165, 1.54) is 5.56 Å². The molecular weight excluding hydrogens is 348 g/mol. The smallest absolute Gasteiger partial charge is 0.119 e. The molecule has 5 heteroatoms. The first-order valence-corrected chi connectivity index (χ1v) is 7.65. The molecule has 110 valence electrons. The summed E-state index contributed by atoms with van der Waals surface area (Å²) in [4.78, 5) is 2.56. The molecule has 0 spiro atoms. The maximum Gasteiger partial charge on any atom is 0.119 e. The zero-order chi connectivity index (χ0) is 15.4. The van der Waals surface area contributed by atoms with Crippen LogP contribution in [0.4, 0.5) is 5.69 Å². The van der Waals surface area contributed by atoms with Gasteiger partial charge in [-0.25, -0.2) is 0 Å². The Bertz CT molecular complexity index is 660. The summed E-state index contributed by atoms with van der Waals surface area (Å²) < 4.78 is 6.22. The van der Waals surface area contributed by atoms with Crippen molar-refractivity contribution in [3.63, 3.8) is 0 Å². The van der Waals surface area contributed by atoms with E-state index in [1.807, 2.05) is 43.4 Å². The molecule has 2 aromatic carbocycles. The molecule has 21 heavy (non-hydrogen) atoms. The van der Waals surface area contributed by atoms with Gasteiger partial charge < -0.3 is 15.4 Å². The fourth-order valence-electron chi connectivity index (χ4n) is 2.10. The molecule has 0 fully saturated rings. The molecule has 0 saturated carbocycles. The number of methoxy groups -OCH3 is 1. The predicted octanol–water partition coefficient (Wildman–Crippen LogP) is 3.73. The highest BCUT2D eigenvalue weighted by Gasteiger charge is 2.09. The minimum absolute atomic E-state index is 0.401. The Balaban J connectivity index is 2.19. The number of anilines is 1. The Kier molecular flexibility index (Phi) is 5.20. The molecule has 0 amide bonds. The molecule has 3 nitrogen and oxygen atoms in total. The lowest BCUT2D eigenvalue weighted by molar-refractivity contribution is 0.414. The first-order valence-electron chi connectivity index (χ1n) is 6.44. The highest BCUT2D eigenvalue weighted by atomic mass is 79.9. The molecule has 0 aromatic heterocycles. The maximum absolute atomic E-state index is 5.65. The van der Waals surface area contributed by atoms with Crippen LogP contribution in [0.1, 0.15) is 11.1 Å². The largest absolute Gasteiger partial charge is 0.497 e. The summed E-state index contributed by atoms with van der Waals surface area (Å²) in [7, 11) is 3.72. The summed E-state index contributed by atoms with van der Waals surface area (Å²) in [5.41, 5.74) is 8.77. The molecule has 2 rings (SSSR count). The van der Waals surface area contributed by atoms with Crippen molar-refractivity contribution in [2.24, 2.45) is 5.73 Å². The Morgan fingerprint density at radius 3 is 2.67 bits per heavy atom. The molecular formula is C16H17BrN2OS. The molecule has 0 bridgehead atoms. The van der Waals surface area contributed by atoms with Crippen LogP contribution in [0.15, 0.2) is 46.9 Å². The Morgan fingerprint density at radius 2 is 2.05 bits per heavy atom. The third kappa shape index (κ3) is 3.95. The molecule has 0 aliphatic heterocycles. The van der Waals surface area contributed by atoms with E-state index in [2.05, 4.69) is 26.9 Å². The summed E-state index contributed by atoms with van der Waals surface area (Å²) >= 11 is 8.57. The van der Waals surface area contributed by atoms with Gasteiger partial charge in [-0.15, -0.1) is 0 Å². The van der Waals surface area contributed by atoms with Gasteiger partial charge in [0.05, 0.1) is 12.8 Å². The molecule has 0 radical (unpaired) electrons. The molecule has 0 unspecified atom stereocenters. The van der Waals surface area contributed by atoms with E-state index in [9.17, 15) is 0 Å². The lowest BCUT2D eigenvalue weighted by atomic mass is 10.1. The van der Waals surface area contributed by atoms with E-state index in [4.69, 9.17) is 22.7 Å². The van der Waals surface area contributed by atoms with Crippen LogP contribution in [0.5, 0.6) is 5.75 Å². The molecule has 0 aliphatic rings. The highest BCUT2D eigenvalue weighted by molar-refractivity contribution is 9.10. The van der Waals surface area contributed by atoms with E-state index in [0.29, 0.717) is 4.99 Å². The Labute approximate surface area is 138 Å². The number of halogens is 1. The number of hydrogen-bond donors (Lipinski definition) is 1. The summed E-state index contributed by atoms with van der Waals surface area (Å²) in [5.74, 6) is 0.865. The van der Waals surface area contributed by atoms with Crippen molar-refractivity contribution in [2.45, 2.75) is 6.54 Å². The Hall–Kier alpha value is -1.59. The van der Waals surface area contributed by atoms with Crippen LogP contribution in [-0.2, 0) is 6.54 Å². The average Bonchev–Trinajstić information content (AvgIpc) is 2.47. The second kappa shape index (κ2) is 6.91. The minimum atomic E-state index is 0.401. The second-order valence-electron chi connectivity index (χ2n) is 4.74. The van der Waals surface area contributed by atoms with E-state index < -0.39 is 0 Å². The summed E-state index contributed by atoms with van der Waals surface area (Å²) in [6.45, 7) is 0.780. The summed E-state index contributed by atoms with van der Waals surface area (Å²) in [5, 5.41) is 0. The second-order valence-corrected chi connectivity index (χ2v) is 6.03. The maximum atomic E-state index is 5.65. The average molecular weight is 365 g/mol. The van der Waals surface area contributed by atoms with Gasteiger partial charge in [-0.2, -0.15) is 0 Å². The van der Waals surface area contributed by atoms with Gasteiger partial charge in [0, 0.05) is 23.6 Å². The lowest BCUT2D eigenvalue weighted by Gasteiger charge is -2.21. The standard InChI is InChI=1S/C16H17BrN2OS/c1-19(10-11-4-3-5-13(8-11)20-2)15-7-6-12(16(18)21)9-14(15)17/h3-9H,10H2,1-2H3,(H2,18,21). The van der Waals surface area contributed by atoms with Gasteiger partial charge in [0.1, 0.15) is 10.7 Å². The fraction of sp³-hybridized carbons (Fsp3) is 0.188. The van der Waals surface area contributed by atoms with Crippen molar-refractivity contribution in [2.75, 3.05) is 19.1 Å². The van der Waals surface area contributed by atoms with Gasteiger partial charge >= 0.3 is 0 Å². The van der Waals surface area contributed by atoms with E-state index in [0.717, 1.165) is 28.0 Å². The number of nitrogens with zero attached hydrogens (tertiary/aromatic N) is 1. The molecule has 0 heterocycles. The fourth-order valence-corrected chi connectivity index (χ4v) is 2.91. The highest BCUT2D eigenvalue weighted by Crippen LogP contribution is 2.28. The van der Waals surface area contributed by atoms with Crippen molar-refractivity contribution in [1.29, 1.82) is 0 Å². The van der Waals surface area contributed by atoms with Gasteiger partial charge in [0.15, 0.2) is 0 Å². The van der Waals surface area contributed by atoms with Crippen LogP contribution >= 0.6 is 28.1 Å². The minimum Gasteiger partial charge on any atom is -0.497 e. The molecule has 2 aromatic rings. The van der Waals surface area contributed by atoms with Crippen molar-refractivity contribution in [3.05, 3.63) is 58.1 Å². The van der Waals surface area contributed by atoms with E-state index >= 15 is 0 Å². The number of hydrogen-bond acceptors (Lipinski definition) is 3. The van der Waals surface area contributed by atoms with Crippen molar-refractivity contribution in [1.82, 2.24) is 0 Å². The quantitative estimate of drug-likeness (QED) is 0.820. The topological polar surface area (TPSA) is 38.5 Å². The SMILES string of the molecule is COc1cccc(CN(C)c2ccc(C(N)=S)cc2Br)c1. The normalized spacial score (nSPS) is 10.2. The monoisotopic (exact) mass is 364 g/mol. The number of rotatable bonds is 5. The molecule has 0 aliphatic carbocycles. The van der Waals surface area contributed by atoms with Crippen LogP contribution < -0.4 is 15.4 Å². The number of benzene rings is 2. The summed E-state index contributed by atoms with van der Waals surface area (Å²) in [6.07, 6.45) is 0. The first-order chi connectivity index (χ1) is 10.0. The zero-order valence-electron chi connectivity index (χ0n) is 12.0. The predicted molar refractivity (Wildman–Crippen MR) is 95.1 cm³/mol. The van der Waals surface area contributed by atoms with Crippen LogP contribution in [-0.4, -0.2) is 19.1 Å². The lowest BCUT2D eigenvalue weighted by Crippen LogP contribution is -2.17. The summed E-state index contributed by atoms with van der Waals surface area (Å²) in [6, 6.07) is 13.9. The number of ether oxygens (including phenoxy) is 1. The van der Waals surface area contributed by atoms with E-state index in [-0.39, 0.29) is 0 Å². The number of thiocarbonyl (C=S) groups is 1. The third-order valence-electron chi connectivity index (χ3n) is 3.20. The van der Waals surface area contributed by atoms with Crippen molar-refractivity contribution >= 4 is 38.8 Å². The van der Waals surface area contributed by atoms with Crippen LogP contribution in [0.2, 0.25) is 0 Å². The third-order valence-corrected chi connectivity index (χ3v) is 4.07. The molecule has 0 saturated heterocycles. The molecule has 0 atom stereocenters. The Morgan fingerprint density at radius 1 is 1.29 bits per heavy atom. The van der Waals surface area contributed by atoms with Gasteiger partial charge in [-0.05, 0) is 51.8 Å². The van der Waals surface area contributed by atoms with Gasteiger partial charge in [-0.1, -0.05) is 24.4 Å². The van der Waals surface area contributed by atoms with E-state index in [1.54, 1.807) is 7.11 Å². The van der Waals surface area contributed by atoms with Gasteiger partial charge in [-0.3, -0.25) is 0 Å². The van der Waals surface area contributed by atoms with Crippen LogP contribution in [0.3, 0.4) is 0 Å². The first kappa shape index (κ1) is 15.8. The van der Waals surface area contributed by atoms with Crippen LogP contribution in [0, 0.1) is 0 Å². The molecule has 2 N–H and O–H groups in total. The zero-order valence-corrected chi connectivity index (χ0v) is 14.4.